The van der Waals surface area contributed by atoms with E-state index in [1.807, 2.05) is 6.92 Å². The smallest absolute Gasteiger partial charge is 0.431 e. The van der Waals surface area contributed by atoms with Crippen molar-refractivity contribution in [3.63, 3.8) is 0 Å². The maximum Gasteiger partial charge on any atom is 0.508 e. The van der Waals surface area contributed by atoms with Gasteiger partial charge in [0, 0.05) is 0 Å². The summed E-state index contributed by atoms with van der Waals surface area (Å²) >= 11 is 0. The lowest BCUT2D eigenvalue weighted by Gasteiger charge is -2.21. The molecule has 0 atom stereocenters. The van der Waals surface area contributed by atoms with Crippen molar-refractivity contribution in [2.24, 2.45) is 0 Å². The number of rotatable bonds is 4. The molecule has 0 amide bonds. The van der Waals surface area contributed by atoms with E-state index < -0.39 is 6.16 Å². The van der Waals surface area contributed by atoms with E-state index in [2.05, 4.69) is 0 Å². The first-order valence-electron chi connectivity index (χ1n) is 5.52. The summed E-state index contributed by atoms with van der Waals surface area (Å²) in [5.41, 5.74) is 0. The molecule has 0 aliphatic heterocycles. The predicted molar refractivity (Wildman–Crippen MR) is 53.6 cm³/mol. The molecule has 1 rings (SSSR count). The topological polar surface area (TPSA) is 35.5 Å². The Morgan fingerprint density at radius 3 is 2.71 bits per heavy atom. The molecule has 1 fully saturated rings. The minimum Gasteiger partial charge on any atom is -0.431 e. The maximum atomic E-state index is 11.1. The van der Waals surface area contributed by atoms with Crippen molar-refractivity contribution in [3.8, 4) is 0 Å². The van der Waals surface area contributed by atoms with Gasteiger partial charge in [0.1, 0.15) is 12.7 Å². The lowest BCUT2D eigenvalue weighted by Crippen LogP contribution is -2.20. The van der Waals surface area contributed by atoms with Crippen LogP contribution < -0.4 is 0 Å². The molecule has 0 bridgehead atoms. The van der Waals surface area contributed by atoms with Crippen LogP contribution in [0.5, 0.6) is 0 Å². The Bertz CT molecular complexity index is 162. The molecule has 81 valence electrons. The van der Waals surface area contributed by atoms with E-state index in [0.717, 1.165) is 38.5 Å². The van der Waals surface area contributed by atoms with Crippen molar-refractivity contribution in [2.45, 2.75) is 58.0 Å². The van der Waals surface area contributed by atoms with E-state index in [1.54, 1.807) is 0 Å². The van der Waals surface area contributed by atoms with Gasteiger partial charge in [0.15, 0.2) is 0 Å². The molecule has 1 saturated carbocycles. The van der Waals surface area contributed by atoms with Gasteiger partial charge in [-0.15, -0.1) is 0 Å². The molecule has 0 spiro atoms. The number of carbonyl (C=O) groups excluding carboxylic acids is 1. The van der Waals surface area contributed by atoms with Crippen LogP contribution in [0.4, 0.5) is 4.79 Å². The Morgan fingerprint density at radius 2 is 2.07 bits per heavy atom. The quantitative estimate of drug-likeness (QED) is 0.514. The summed E-state index contributed by atoms with van der Waals surface area (Å²) in [6, 6.07) is 0. The summed E-state index contributed by atoms with van der Waals surface area (Å²) < 4.78 is 9.94. The van der Waals surface area contributed by atoms with Gasteiger partial charge in [-0.05, 0) is 32.1 Å². The molecule has 0 aromatic carbocycles. The lowest BCUT2D eigenvalue weighted by molar-refractivity contribution is 0.0230. The highest BCUT2D eigenvalue weighted by Crippen LogP contribution is 2.20. The number of ether oxygens (including phenoxy) is 2. The minimum absolute atomic E-state index is 0.0891. The number of hydrogen-bond acceptors (Lipinski definition) is 3. The number of carbonyl (C=O) groups is 1. The van der Waals surface area contributed by atoms with Crippen LogP contribution in [0.25, 0.3) is 0 Å². The third-order valence-electron chi connectivity index (χ3n) is 2.40. The van der Waals surface area contributed by atoms with Gasteiger partial charge in [0.05, 0.1) is 0 Å². The van der Waals surface area contributed by atoms with E-state index >= 15 is 0 Å². The zero-order chi connectivity index (χ0) is 10.2. The third kappa shape index (κ3) is 4.49. The van der Waals surface area contributed by atoms with Crippen molar-refractivity contribution < 1.29 is 14.3 Å². The largest absolute Gasteiger partial charge is 0.508 e. The summed E-state index contributed by atoms with van der Waals surface area (Å²) in [6.45, 7) is 3.55. The van der Waals surface area contributed by atoms with Crippen molar-refractivity contribution in [1.29, 1.82) is 0 Å². The second kappa shape index (κ2) is 6.68. The molecule has 0 heterocycles. The van der Waals surface area contributed by atoms with Crippen LogP contribution in [0, 0.1) is 6.61 Å². The van der Waals surface area contributed by atoms with Crippen LogP contribution in [-0.2, 0) is 9.47 Å². The van der Waals surface area contributed by atoms with Gasteiger partial charge >= 0.3 is 6.16 Å². The Kier molecular flexibility index (Phi) is 5.42. The second-order valence-corrected chi connectivity index (χ2v) is 3.70. The molecule has 3 nitrogen and oxygen atoms in total. The summed E-state index contributed by atoms with van der Waals surface area (Å²) in [5.74, 6) is 0. The third-order valence-corrected chi connectivity index (χ3v) is 2.40. The van der Waals surface area contributed by atoms with Crippen molar-refractivity contribution in [1.82, 2.24) is 0 Å². The normalized spacial score (nSPS) is 17.8. The maximum absolute atomic E-state index is 11.1. The molecule has 0 saturated heterocycles. The summed E-state index contributed by atoms with van der Waals surface area (Å²) in [7, 11) is 0. The van der Waals surface area contributed by atoms with Crippen molar-refractivity contribution >= 4 is 6.16 Å². The Labute approximate surface area is 85.8 Å². The fraction of sp³-hybridized carbons (Fsp3) is 0.818. The van der Waals surface area contributed by atoms with Crippen molar-refractivity contribution in [3.05, 3.63) is 6.61 Å². The van der Waals surface area contributed by atoms with Crippen LogP contribution in [-0.4, -0.2) is 12.3 Å². The summed E-state index contributed by atoms with van der Waals surface area (Å²) in [6.07, 6.45) is 6.89. The van der Waals surface area contributed by atoms with Crippen LogP contribution in [0.2, 0.25) is 0 Å². The van der Waals surface area contributed by atoms with Gasteiger partial charge in [-0.2, -0.15) is 0 Å². The fourth-order valence-corrected chi connectivity index (χ4v) is 1.59. The highest BCUT2D eigenvalue weighted by atomic mass is 16.7. The molecule has 14 heavy (non-hydrogen) atoms. The molecule has 0 unspecified atom stereocenters. The van der Waals surface area contributed by atoms with E-state index in [0.29, 0.717) is 0 Å². The highest BCUT2D eigenvalue weighted by molar-refractivity contribution is 5.60. The van der Waals surface area contributed by atoms with Crippen molar-refractivity contribution in [2.75, 3.05) is 0 Å². The van der Waals surface area contributed by atoms with E-state index in [-0.39, 0.29) is 6.10 Å². The first-order chi connectivity index (χ1) is 6.83. The van der Waals surface area contributed by atoms with Gasteiger partial charge in [-0.3, -0.25) is 0 Å². The molecule has 1 aliphatic rings. The SMILES string of the molecule is CCC[CH]OC(=O)OC1CCCCC1. The van der Waals surface area contributed by atoms with E-state index in [1.165, 1.54) is 13.0 Å². The van der Waals surface area contributed by atoms with Gasteiger partial charge < -0.3 is 9.47 Å². The molecular weight excluding hydrogens is 180 g/mol. The minimum atomic E-state index is -0.537. The Hall–Kier alpha value is -0.730. The zero-order valence-electron chi connectivity index (χ0n) is 8.83. The monoisotopic (exact) mass is 199 g/mol. The molecular formula is C11H19O3. The number of unbranched alkanes of at least 4 members (excludes halogenated alkanes) is 1. The van der Waals surface area contributed by atoms with Crippen LogP contribution in [0.15, 0.2) is 0 Å². The average molecular weight is 199 g/mol. The Balaban J connectivity index is 2.06. The van der Waals surface area contributed by atoms with Crippen LogP contribution in [0.3, 0.4) is 0 Å². The molecule has 3 heteroatoms. The molecule has 0 N–H and O–H groups in total. The molecule has 0 aromatic heterocycles. The molecule has 0 aromatic rings. The summed E-state index contributed by atoms with van der Waals surface area (Å²) in [4.78, 5) is 11.1. The lowest BCUT2D eigenvalue weighted by atomic mass is 9.98. The van der Waals surface area contributed by atoms with Gasteiger partial charge in [0.25, 0.3) is 0 Å². The van der Waals surface area contributed by atoms with E-state index in [9.17, 15) is 4.79 Å². The van der Waals surface area contributed by atoms with E-state index in [4.69, 9.17) is 9.47 Å². The Morgan fingerprint density at radius 1 is 1.36 bits per heavy atom. The first-order valence-corrected chi connectivity index (χ1v) is 5.52. The van der Waals surface area contributed by atoms with Gasteiger partial charge in [-0.25, -0.2) is 4.79 Å². The second-order valence-electron chi connectivity index (χ2n) is 3.70. The standard InChI is InChI=1S/C11H19O3/c1-2-3-9-13-11(12)14-10-7-5-4-6-8-10/h9-10H,2-8H2,1H3. The predicted octanol–water partition coefficient (Wildman–Crippen LogP) is 3.43. The first kappa shape index (κ1) is 11.3. The van der Waals surface area contributed by atoms with Gasteiger partial charge in [-0.1, -0.05) is 19.8 Å². The molecule has 1 radical (unpaired) electrons. The molecule has 1 aliphatic carbocycles. The summed E-state index contributed by atoms with van der Waals surface area (Å²) in [5, 5.41) is 0. The highest BCUT2D eigenvalue weighted by Gasteiger charge is 2.18. The zero-order valence-corrected chi connectivity index (χ0v) is 8.83. The average Bonchev–Trinajstić information content (AvgIpc) is 2.20. The van der Waals surface area contributed by atoms with Gasteiger partial charge in [0.2, 0.25) is 0 Å². The number of hydrogen-bond donors (Lipinski definition) is 0. The van der Waals surface area contributed by atoms with Crippen LogP contribution in [0.1, 0.15) is 51.9 Å². The van der Waals surface area contributed by atoms with Crippen LogP contribution >= 0.6 is 0 Å². The fourth-order valence-electron chi connectivity index (χ4n) is 1.59.